The van der Waals surface area contributed by atoms with Crippen LogP contribution in [0.15, 0.2) is 54.6 Å². The minimum absolute atomic E-state index is 0.141. The number of ether oxygens (including phenoxy) is 2. The number of methoxy groups -OCH3 is 2. The number of amides is 4. The molecule has 8 rings (SSSR count). The van der Waals surface area contributed by atoms with Gasteiger partial charge in [-0.2, -0.15) is 0 Å². The van der Waals surface area contributed by atoms with Gasteiger partial charge >= 0.3 is 12.2 Å². The molecule has 14 nitrogen and oxygen atoms in total. The van der Waals surface area contributed by atoms with Gasteiger partial charge in [0, 0.05) is 34.8 Å². The van der Waals surface area contributed by atoms with Gasteiger partial charge in [0.25, 0.3) is 0 Å². The number of likely N-dealkylation sites (tertiary alicyclic amines) is 2. The Balaban J connectivity index is 1.07. The van der Waals surface area contributed by atoms with E-state index in [4.69, 9.17) is 19.4 Å². The molecule has 4 heterocycles. The number of nitrogens with zero attached hydrogens (tertiary/aromatic N) is 4. The van der Waals surface area contributed by atoms with Crippen LogP contribution in [0, 0.1) is 17.7 Å². The van der Waals surface area contributed by atoms with E-state index in [1.165, 1.54) is 14.2 Å². The molecule has 0 radical (unpaired) electrons. The molecule has 2 aliphatic heterocycles. The fourth-order valence-electron chi connectivity index (χ4n) is 8.77. The second-order valence-corrected chi connectivity index (χ2v) is 16.2. The van der Waals surface area contributed by atoms with E-state index in [1.807, 2.05) is 70.2 Å². The van der Waals surface area contributed by atoms with Crippen LogP contribution in [0.25, 0.3) is 54.7 Å². The molecule has 4 unspecified atom stereocenters. The number of fused-ring (bicyclic) bond motifs is 6. The molecule has 4 atom stereocenters. The normalized spacial score (nSPS) is 18.1. The fraction of sp³-hybridized carbons (Fsp3) is 0.409. The molecule has 0 bridgehead atoms. The van der Waals surface area contributed by atoms with Crippen LogP contribution in [0.1, 0.15) is 77.1 Å². The summed E-state index contributed by atoms with van der Waals surface area (Å²) in [4.78, 5) is 71.8. The first-order chi connectivity index (χ1) is 28.4. The van der Waals surface area contributed by atoms with Gasteiger partial charge in [-0.1, -0.05) is 58.0 Å². The molecule has 0 saturated carbocycles. The lowest BCUT2D eigenvalue weighted by atomic mass is 9.97. The first-order valence-corrected chi connectivity index (χ1v) is 20.2. The third kappa shape index (κ3) is 7.16. The van der Waals surface area contributed by atoms with E-state index in [2.05, 4.69) is 20.6 Å². The number of imidazole rings is 2. The largest absolute Gasteiger partial charge is 0.453 e. The number of H-pyrrole nitrogens is 2. The molecule has 4 aromatic carbocycles. The third-order valence-electron chi connectivity index (χ3n) is 11.9. The molecule has 2 aliphatic rings. The van der Waals surface area contributed by atoms with E-state index in [0.29, 0.717) is 58.6 Å². The van der Waals surface area contributed by atoms with Crippen molar-refractivity contribution >= 4 is 67.6 Å². The number of benzene rings is 4. The van der Waals surface area contributed by atoms with Crippen molar-refractivity contribution in [3.05, 3.63) is 72.1 Å². The smallest absolute Gasteiger partial charge is 0.407 e. The molecular formula is C44H49FN8O6. The zero-order valence-electron chi connectivity index (χ0n) is 34.0. The molecule has 15 heteroatoms. The number of hydrogen-bond donors (Lipinski definition) is 4. The first kappa shape index (κ1) is 39.6. The maximum Gasteiger partial charge on any atom is 0.407 e. The molecule has 0 aliphatic carbocycles. The van der Waals surface area contributed by atoms with E-state index in [1.54, 1.807) is 21.9 Å². The molecule has 2 fully saturated rings. The van der Waals surface area contributed by atoms with Gasteiger partial charge in [-0.25, -0.2) is 23.9 Å². The molecular weight excluding hydrogens is 756 g/mol. The molecule has 59 heavy (non-hydrogen) atoms. The predicted octanol–water partition coefficient (Wildman–Crippen LogP) is 7.64. The standard InChI is InChI=1S/C44H49FN8O6/c1-22(2)35(50-43(56)58-5)41(54)52-19-7-9-32(52)39-46-30-17-12-25-21-24(11-13-27(25)37(30)48-39)26-14-15-29-28(34(26)45)16-18-31-38(29)49-40(47-31)33-10-8-20-53(33)42(55)36(23(3)4)51-44(57)59-6/h11-18,21-23,32-33,35-36H,7-10,19-20H2,1-6H3,(H,46,48)(H,47,49)(H,50,56)(H,51,57). The van der Waals surface area contributed by atoms with Crippen LogP contribution < -0.4 is 10.6 Å². The minimum atomic E-state index is -0.749. The number of carbonyl (C=O) groups excluding carboxylic acids is 4. The Hall–Kier alpha value is -6.25. The van der Waals surface area contributed by atoms with Crippen molar-refractivity contribution in [3.8, 4) is 11.1 Å². The zero-order valence-corrected chi connectivity index (χ0v) is 34.0. The van der Waals surface area contributed by atoms with Crippen molar-refractivity contribution in [1.82, 2.24) is 40.4 Å². The molecule has 2 saturated heterocycles. The van der Waals surface area contributed by atoms with Crippen LogP contribution in [0.4, 0.5) is 14.0 Å². The summed E-state index contributed by atoms with van der Waals surface area (Å²) in [5.74, 6) is 0.264. The number of aromatic amines is 2. The number of halogens is 1. The first-order valence-electron chi connectivity index (χ1n) is 20.2. The molecule has 0 spiro atoms. The van der Waals surface area contributed by atoms with Crippen LogP contribution in [0.5, 0.6) is 0 Å². The van der Waals surface area contributed by atoms with Crippen molar-refractivity contribution in [2.24, 2.45) is 11.8 Å². The average molecular weight is 805 g/mol. The van der Waals surface area contributed by atoms with Gasteiger partial charge in [0.2, 0.25) is 11.8 Å². The number of nitrogens with one attached hydrogen (secondary N) is 4. The highest BCUT2D eigenvalue weighted by Gasteiger charge is 2.39. The zero-order chi connectivity index (χ0) is 41.7. The molecule has 4 amide bonds. The van der Waals surface area contributed by atoms with Crippen LogP contribution in [-0.4, -0.2) is 93.1 Å². The number of hydrogen-bond acceptors (Lipinski definition) is 8. The molecule has 308 valence electrons. The third-order valence-corrected chi connectivity index (χ3v) is 11.9. The highest BCUT2D eigenvalue weighted by molar-refractivity contribution is 6.08. The lowest BCUT2D eigenvalue weighted by Crippen LogP contribution is -2.51. The van der Waals surface area contributed by atoms with Crippen LogP contribution in [-0.2, 0) is 19.1 Å². The summed E-state index contributed by atoms with van der Waals surface area (Å²) in [6.07, 6.45) is 1.72. The highest BCUT2D eigenvalue weighted by Crippen LogP contribution is 2.39. The lowest BCUT2D eigenvalue weighted by Gasteiger charge is -2.29. The van der Waals surface area contributed by atoms with Gasteiger partial charge in [-0.05, 0) is 72.7 Å². The maximum atomic E-state index is 16.6. The van der Waals surface area contributed by atoms with E-state index in [-0.39, 0.29) is 41.6 Å². The summed E-state index contributed by atoms with van der Waals surface area (Å²) in [7, 11) is 2.55. The summed E-state index contributed by atoms with van der Waals surface area (Å²) in [6.45, 7) is 8.60. The quantitative estimate of drug-likeness (QED) is 0.115. The Morgan fingerprint density at radius 1 is 0.695 bits per heavy atom. The topological polar surface area (TPSA) is 175 Å². The number of alkyl carbamates (subject to hydrolysis) is 2. The van der Waals surface area contributed by atoms with Crippen LogP contribution in [0.3, 0.4) is 0 Å². The molecule has 2 aromatic heterocycles. The SMILES string of the molecule is COC(=O)NC(C(=O)N1CCCC1c1nc2c(ccc3cc(-c4ccc5c(ccc6[nH]c(C7CCCN7C(=O)C(NC(=O)OC)C(C)C)nc65)c4F)ccc32)[nH]1)C(C)C. The maximum absolute atomic E-state index is 16.6. The molecule has 6 aromatic rings. The van der Waals surface area contributed by atoms with E-state index in [0.717, 1.165) is 46.6 Å². The summed E-state index contributed by atoms with van der Waals surface area (Å²) in [5, 5.41) is 8.24. The van der Waals surface area contributed by atoms with Crippen LogP contribution in [0.2, 0.25) is 0 Å². The van der Waals surface area contributed by atoms with Gasteiger partial charge in [-0.15, -0.1) is 0 Å². The summed E-state index contributed by atoms with van der Waals surface area (Å²) in [5.41, 5.74) is 4.10. The Morgan fingerprint density at radius 2 is 1.19 bits per heavy atom. The number of rotatable bonds is 9. The van der Waals surface area contributed by atoms with Crippen molar-refractivity contribution in [3.63, 3.8) is 0 Å². The predicted molar refractivity (Wildman–Crippen MR) is 222 cm³/mol. The summed E-state index contributed by atoms with van der Waals surface area (Å²) < 4.78 is 26.1. The Kier molecular flexibility index (Phi) is 10.6. The van der Waals surface area contributed by atoms with Crippen LogP contribution >= 0.6 is 0 Å². The van der Waals surface area contributed by atoms with E-state index >= 15 is 4.39 Å². The Bertz CT molecular complexity index is 2620. The van der Waals surface area contributed by atoms with Gasteiger partial charge in [0.05, 0.1) is 48.4 Å². The minimum Gasteiger partial charge on any atom is -0.453 e. The van der Waals surface area contributed by atoms with E-state index in [9.17, 15) is 19.2 Å². The second-order valence-electron chi connectivity index (χ2n) is 16.2. The van der Waals surface area contributed by atoms with E-state index < -0.39 is 24.3 Å². The highest BCUT2D eigenvalue weighted by atomic mass is 19.1. The van der Waals surface area contributed by atoms with Crippen molar-refractivity contribution in [2.45, 2.75) is 77.5 Å². The van der Waals surface area contributed by atoms with Crippen molar-refractivity contribution < 1.29 is 33.0 Å². The van der Waals surface area contributed by atoms with Gasteiger partial charge in [-0.3, -0.25) is 9.59 Å². The van der Waals surface area contributed by atoms with Crippen molar-refractivity contribution in [1.29, 1.82) is 0 Å². The Morgan fingerprint density at radius 3 is 1.71 bits per heavy atom. The Labute approximate surface area is 340 Å². The summed E-state index contributed by atoms with van der Waals surface area (Å²) >= 11 is 0. The van der Waals surface area contributed by atoms with Crippen molar-refractivity contribution in [2.75, 3.05) is 27.3 Å². The summed E-state index contributed by atoms with van der Waals surface area (Å²) in [6, 6.07) is 14.9. The average Bonchev–Trinajstić information content (AvgIpc) is 4.06. The lowest BCUT2D eigenvalue weighted by molar-refractivity contribution is -0.136. The monoisotopic (exact) mass is 804 g/mol. The number of carbonyl (C=O) groups is 4. The fourth-order valence-corrected chi connectivity index (χ4v) is 8.77. The molecule has 4 N–H and O–H groups in total. The van der Waals surface area contributed by atoms with Gasteiger partial charge in [0.1, 0.15) is 29.5 Å². The second kappa shape index (κ2) is 15.8. The number of aromatic nitrogens is 4. The van der Waals surface area contributed by atoms with Gasteiger partial charge in [0.15, 0.2) is 0 Å². The van der Waals surface area contributed by atoms with Gasteiger partial charge < -0.3 is 39.9 Å².